The number of hydrogen-bond donors (Lipinski definition) is 1. The van der Waals surface area contributed by atoms with Crippen LogP contribution in [0, 0.1) is 19.7 Å². The van der Waals surface area contributed by atoms with Gasteiger partial charge in [0.25, 0.3) is 0 Å². The summed E-state index contributed by atoms with van der Waals surface area (Å²) in [4.78, 5) is 9.20. The lowest BCUT2D eigenvalue weighted by molar-refractivity contribution is 0.249. The van der Waals surface area contributed by atoms with E-state index in [1.54, 1.807) is 12.1 Å². The largest absolute Gasteiger partial charge is 0.507 e. The number of aromatic hydroxyl groups is 1. The Morgan fingerprint density at radius 3 is 2.21 bits per heavy atom. The highest BCUT2D eigenvalue weighted by atomic mass is 19.1. The highest BCUT2D eigenvalue weighted by molar-refractivity contribution is 5.63. The van der Waals surface area contributed by atoms with Crippen molar-refractivity contribution in [2.75, 3.05) is 31.1 Å². The lowest BCUT2D eigenvalue weighted by Gasteiger charge is -2.36. The number of aryl methyl sites for hydroxylation is 2. The molecule has 150 valence electrons. The average Bonchev–Trinajstić information content (AvgIpc) is 2.73. The fraction of sp³-hybridized carbons (Fsp3) is 0.292. The zero-order chi connectivity index (χ0) is 20.4. The maximum absolute atomic E-state index is 13.2. The molecule has 3 aromatic rings. The number of nitrogens with zero attached hydrogens (tertiary/aromatic N) is 3. The predicted octanol–water partition coefficient (Wildman–Crippen LogP) is 4.53. The van der Waals surface area contributed by atoms with Crippen molar-refractivity contribution in [1.29, 1.82) is 0 Å². The molecule has 0 atom stereocenters. The van der Waals surface area contributed by atoms with Gasteiger partial charge in [0.05, 0.1) is 0 Å². The molecular weight excluding hydrogens is 365 g/mol. The zero-order valence-corrected chi connectivity index (χ0v) is 16.9. The molecule has 1 N–H and O–H groups in total. The van der Waals surface area contributed by atoms with E-state index in [0.717, 1.165) is 60.5 Å². The van der Waals surface area contributed by atoms with Gasteiger partial charge < -0.3 is 10.0 Å². The molecule has 0 radical (unpaired) electrons. The molecule has 4 rings (SSSR count). The molecule has 0 bridgehead atoms. The Balaban J connectivity index is 1.40. The molecule has 1 aliphatic heterocycles. The summed E-state index contributed by atoms with van der Waals surface area (Å²) in [5.74, 6) is 0.163. The summed E-state index contributed by atoms with van der Waals surface area (Å²) in [6, 6.07) is 12.8. The van der Waals surface area contributed by atoms with E-state index in [-0.39, 0.29) is 5.82 Å². The van der Waals surface area contributed by atoms with E-state index in [0.29, 0.717) is 5.75 Å². The van der Waals surface area contributed by atoms with Gasteiger partial charge in [0.2, 0.25) is 0 Å². The molecule has 0 unspecified atom stereocenters. The van der Waals surface area contributed by atoms with Crippen molar-refractivity contribution in [1.82, 2.24) is 9.88 Å². The zero-order valence-electron chi connectivity index (χ0n) is 16.9. The number of benzene rings is 2. The second-order valence-electron chi connectivity index (χ2n) is 7.78. The molecule has 4 nitrogen and oxygen atoms in total. The van der Waals surface area contributed by atoms with Crippen LogP contribution >= 0.6 is 0 Å². The fourth-order valence-corrected chi connectivity index (χ4v) is 3.91. The Bertz CT molecular complexity index is 972. The van der Waals surface area contributed by atoms with Crippen molar-refractivity contribution in [3.8, 4) is 16.9 Å². The van der Waals surface area contributed by atoms with Crippen LogP contribution in [0.3, 0.4) is 0 Å². The first-order valence-electron chi connectivity index (χ1n) is 9.97. The van der Waals surface area contributed by atoms with Crippen LogP contribution in [0.15, 0.2) is 54.9 Å². The molecule has 0 saturated carbocycles. The summed E-state index contributed by atoms with van der Waals surface area (Å²) in [6.07, 6.45) is 3.73. The van der Waals surface area contributed by atoms with E-state index >= 15 is 0 Å². The summed E-state index contributed by atoms with van der Waals surface area (Å²) >= 11 is 0. The Morgan fingerprint density at radius 1 is 0.897 bits per heavy atom. The highest BCUT2D eigenvalue weighted by Crippen LogP contribution is 2.28. The van der Waals surface area contributed by atoms with E-state index in [4.69, 9.17) is 0 Å². The molecule has 5 heteroatoms. The third-order valence-electron chi connectivity index (χ3n) is 5.59. The number of anilines is 1. The molecule has 1 aliphatic rings. The van der Waals surface area contributed by atoms with Crippen molar-refractivity contribution >= 4 is 5.69 Å². The number of piperazine rings is 1. The van der Waals surface area contributed by atoms with Gasteiger partial charge in [-0.15, -0.1) is 0 Å². The second-order valence-corrected chi connectivity index (χ2v) is 7.78. The number of pyridine rings is 1. The molecule has 1 aromatic heterocycles. The molecule has 0 amide bonds. The van der Waals surface area contributed by atoms with Crippen LogP contribution < -0.4 is 4.90 Å². The normalized spacial score (nSPS) is 14.9. The van der Waals surface area contributed by atoms with E-state index in [9.17, 15) is 9.50 Å². The molecule has 29 heavy (non-hydrogen) atoms. The Morgan fingerprint density at radius 2 is 1.55 bits per heavy atom. The summed E-state index contributed by atoms with van der Waals surface area (Å²) in [5, 5.41) is 10.0. The second kappa shape index (κ2) is 8.21. The van der Waals surface area contributed by atoms with Crippen LogP contribution in [0.2, 0.25) is 0 Å². The molecule has 2 aromatic carbocycles. The van der Waals surface area contributed by atoms with Crippen LogP contribution in [0.1, 0.15) is 16.7 Å². The quantitative estimate of drug-likeness (QED) is 0.709. The van der Waals surface area contributed by atoms with Crippen LogP contribution in [0.4, 0.5) is 10.1 Å². The SMILES string of the molecule is Cc1cc(N2CCN(Cc3cncc(-c4ccc(F)cc4)c3)CC2)cc(C)c1O. The predicted molar refractivity (Wildman–Crippen MR) is 115 cm³/mol. The molecule has 1 saturated heterocycles. The Kier molecular flexibility index (Phi) is 5.49. The topological polar surface area (TPSA) is 39.6 Å². The van der Waals surface area contributed by atoms with Crippen molar-refractivity contribution in [2.24, 2.45) is 0 Å². The van der Waals surface area contributed by atoms with Gasteiger partial charge in [-0.25, -0.2) is 4.39 Å². The number of phenolic OH excluding ortho intramolecular Hbond substituents is 1. The standard InChI is InChI=1S/C24H26FN3O/c1-17-11-23(12-18(2)24(17)29)28-9-7-27(8-10-28)16-19-13-21(15-26-14-19)20-3-5-22(25)6-4-20/h3-6,11-15,29H,7-10,16H2,1-2H3. The molecule has 1 fully saturated rings. The van der Waals surface area contributed by atoms with Gasteiger partial charge in [-0.3, -0.25) is 9.88 Å². The van der Waals surface area contributed by atoms with Gasteiger partial charge in [0, 0.05) is 56.4 Å². The summed E-state index contributed by atoms with van der Waals surface area (Å²) in [5.41, 5.74) is 6.17. The van der Waals surface area contributed by atoms with Gasteiger partial charge in [-0.1, -0.05) is 12.1 Å². The Hall–Kier alpha value is -2.92. The number of phenols is 1. The van der Waals surface area contributed by atoms with E-state index in [2.05, 4.69) is 33.0 Å². The van der Waals surface area contributed by atoms with Gasteiger partial charge >= 0.3 is 0 Å². The van der Waals surface area contributed by atoms with Crippen LogP contribution in [-0.4, -0.2) is 41.2 Å². The van der Waals surface area contributed by atoms with Gasteiger partial charge in [-0.05, 0) is 66.4 Å². The Labute approximate surface area is 171 Å². The highest BCUT2D eigenvalue weighted by Gasteiger charge is 2.19. The number of rotatable bonds is 4. The van der Waals surface area contributed by atoms with Crippen LogP contribution in [-0.2, 0) is 6.54 Å². The van der Waals surface area contributed by atoms with Crippen LogP contribution in [0.5, 0.6) is 5.75 Å². The molecule has 0 aliphatic carbocycles. The fourth-order valence-electron chi connectivity index (χ4n) is 3.91. The van der Waals surface area contributed by atoms with Crippen molar-refractivity contribution in [2.45, 2.75) is 20.4 Å². The number of hydrogen-bond acceptors (Lipinski definition) is 4. The van der Waals surface area contributed by atoms with Crippen molar-refractivity contribution in [3.05, 3.63) is 77.4 Å². The average molecular weight is 391 g/mol. The minimum Gasteiger partial charge on any atom is -0.507 e. The maximum Gasteiger partial charge on any atom is 0.123 e. The first kappa shape index (κ1) is 19.4. The molecular formula is C24H26FN3O. The lowest BCUT2D eigenvalue weighted by atomic mass is 10.1. The molecule has 2 heterocycles. The smallest absolute Gasteiger partial charge is 0.123 e. The van der Waals surface area contributed by atoms with Crippen molar-refractivity contribution in [3.63, 3.8) is 0 Å². The minimum absolute atomic E-state index is 0.227. The number of aromatic nitrogens is 1. The van der Waals surface area contributed by atoms with E-state index in [1.165, 1.54) is 17.8 Å². The monoisotopic (exact) mass is 391 g/mol. The van der Waals surface area contributed by atoms with Gasteiger partial charge in [0.1, 0.15) is 11.6 Å². The summed E-state index contributed by atoms with van der Waals surface area (Å²) < 4.78 is 13.2. The maximum atomic E-state index is 13.2. The van der Waals surface area contributed by atoms with Crippen molar-refractivity contribution < 1.29 is 9.50 Å². The first-order chi connectivity index (χ1) is 14.0. The first-order valence-corrected chi connectivity index (χ1v) is 9.97. The van der Waals surface area contributed by atoms with Crippen LogP contribution in [0.25, 0.3) is 11.1 Å². The summed E-state index contributed by atoms with van der Waals surface area (Å²) in [6.45, 7) is 8.60. The van der Waals surface area contributed by atoms with Gasteiger partial charge in [-0.2, -0.15) is 0 Å². The third-order valence-corrected chi connectivity index (χ3v) is 5.59. The molecule has 0 spiro atoms. The van der Waals surface area contributed by atoms with E-state index in [1.807, 2.05) is 26.2 Å². The number of halogens is 1. The minimum atomic E-state index is -0.227. The lowest BCUT2D eigenvalue weighted by Crippen LogP contribution is -2.46. The van der Waals surface area contributed by atoms with E-state index < -0.39 is 0 Å². The van der Waals surface area contributed by atoms with Gasteiger partial charge in [0.15, 0.2) is 0 Å². The third kappa shape index (κ3) is 4.40. The summed E-state index contributed by atoms with van der Waals surface area (Å²) in [7, 11) is 0.